The highest BCUT2D eigenvalue weighted by molar-refractivity contribution is 6.36. The van der Waals surface area contributed by atoms with Gasteiger partial charge in [-0.15, -0.1) is 0 Å². The van der Waals surface area contributed by atoms with Gasteiger partial charge in [-0.1, -0.05) is 49.9 Å². The zero-order valence-electron chi connectivity index (χ0n) is 19.4. The number of rotatable bonds is 3. The number of benzene rings is 1. The molecule has 0 unspecified atom stereocenters. The summed E-state index contributed by atoms with van der Waals surface area (Å²) in [5.41, 5.74) is 0.141. The van der Waals surface area contributed by atoms with Gasteiger partial charge in [0.2, 0.25) is 0 Å². The van der Waals surface area contributed by atoms with Crippen molar-refractivity contribution in [1.29, 1.82) is 0 Å². The first-order chi connectivity index (χ1) is 15.2. The molecule has 3 nitrogen and oxygen atoms in total. The van der Waals surface area contributed by atoms with Gasteiger partial charge < -0.3 is 10.2 Å². The zero-order chi connectivity index (χ0) is 22.7. The Morgan fingerprint density at radius 2 is 1.78 bits per heavy atom. The molecule has 1 aromatic carbocycles. The largest absolute Gasteiger partial charge is 0.506 e. The van der Waals surface area contributed by atoms with E-state index in [2.05, 4.69) is 18.8 Å². The molecule has 0 radical (unpaired) electrons. The number of hydrogen-bond donors (Lipinski definition) is 2. The standard InChI is InChI=1S/C27H37Cl2NO2/c1-25-10-4-3-5-18(25)6-7-20-21(25)8-11-26(2)22(20)9-12-27(26,32)16-30-15-17-13-19(28)14-23(29)24(17)31/h13-15,18,20-22,31-32H,3-12,16H2,1-2H3/t18-,20-,21+,22+,25+,26+,27-/m1/s1. The van der Waals surface area contributed by atoms with E-state index >= 15 is 0 Å². The third-order valence-electron chi connectivity index (χ3n) is 10.5. The minimum atomic E-state index is -0.790. The minimum Gasteiger partial charge on any atom is -0.506 e. The Kier molecular flexibility index (Phi) is 5.87. The summed E-state index contributed by atoms with van der Waals surface area (Å²) in [6, 6.07) is 3.18. The number of aromatic hydroxyl groups is 1. The molecule has 0 amide bonds. The van der Waals surface area contributed by atoms with Gasteiger partial charge in [-0.05, 0) is 92.6 Å². The Morgan fingerprint density at radius 1 is 1.00 bits per heavy atom. The maximum atomic E-state index is 11.9. The van der Waals surface area contributed by atoms with Crippen LogP contribution in [0.4, 0.5) is 0 Å². The van der Waals surface area contributed by atoms with E-state index in [0.717, 1.165) is 37.0 Å². The van der Waals surface area contributed by atoms with E-state index in [4.69, 9.17) is 23.2 Å². The van der Waals surface area contributed by atoms with Crippen molar-refractivity contribution in [2.75, 3.05) is 6.54 Å². The summed E-state index contributed by atoms with van der Waals surface area (Å²) >= 11 is 12.1. The second kappa shape index (κ2) is 8.17. The Bertz CT molecular complexity index is 919. The lowest BCUT2D eigenvalue weighted by Gasteiger charge is -2.61. The lowest BCUT2D eigenvalue weighted by atomic mass is 9.44. The molecule has 4 saturated carbocycles. The number of aliphatic hydroxyl groups is 1. The molecule has 2 N–H and O–H groups in total. The molecular formula is C27H37Cl2NO2. The van der Waals surface area contributed by atoms with Gasteiger partial charge in [-0.25, -0.2) is 0 Å². The topological polar surface area (TPSA) is 52.8 Å². The number of hydrogen-bond acceptors (Lipinski definition) is 3. The molecular weight excluding hydrogens is 441 g/mol. The fraction of sp³-hybridized carbons (Fsp3) is 0.741. The monoisotopic (exact) mass is 477 g/mol. The van der Waals surface area contributed by atoms with Crippen molar-refractivity contribution in [2.24, 2.45) is 39.5 Å². The van der Waals surface area contributed by atoms with Crippen LogP contribution in [0.15, 0.2) is 17.1 Å². The second-order valence-corrected chi connectivity index (χ2v) is 12.6. The summed E-state index contributed by atoms with van der Waals surface area (Å²) in [6.07, 6.45) is 14.3. The summed E-state index contributed by atoms with van der Waals surface area (Å²) < 4.78 is 0. The fourth-order valence-corrected chi connectivity index (χ4v) is 9.15. The molecule has 0 aliphatic heterocycles. The first-order valence-electron chi connectivity index (χ1n) is 12.6. The van der Waals surface area contributed by atoms with E-state index < -0.39 is 5.60 Å². The van der Waals surface area contributed by atoms with Crippen LogP contribution in [0.1, 0.15) is 83.6 Å². The first kappa shape index (κ1) is 23.0. The molecule has 5 heteroatoms. The van der Waals surface area contributed by atoms with Gasteiger partial charge in [0.15, 0.2) is 0 Å². The lowest BCUT2D eigenvalue weighted by Crippen LogP contribution is -2.56. The number of fused-ring (bicyclic) bond motifs is 5. The summed E-state index contributed by atoms with van der Waals surface area (Å²) in [6.45, 7) is 5.30. The molecule has 0 aromatic heterocycles. The normalized spacial score (nSPS) is 43.7. The smallest absolute Gasteiger partial charge is 0.143 e. The minimum absolute atomic E-state index is 0.0136. The van der Waals surface area contributed by atoms with E-state index in [9.17, 15) is 10.2 Å². The van der Waals surface area contributed by atoms with Crippen molar-refractivity contribution < 1.29 is 10.2 Å². The van der Waals surface area contributed by atoms with Crippen LogP contribution in [-0.4, -0.2) is 28.6 Å². The number of halogens is 2. The van der Waals surface area contributed by atoms with Crippen molar-refractivity contribution >= 4 is 29.4 Å². The van der Waals surface area contributed by atoms with Crippen LogP contribution in [0.5, 0.6) is 5.75 Å². The molecule has 4 aliphatic rings. The zero-order valence-corrected chi connectivity index (χ0v) is 20.9. The van der Waals surface area contributed by atoms with Crippen LogP contribution in [0.3, 0.4) is 0 Å². The summed E-state index contributed by atoms with van der Waals surface area (Å²) in [5.74, 6) is 3.08. The molecule has 0 bridgehead atoms. The molecule has 0 saturated heterocycles. The SMILES string of the molecule is C[C@]12CCCC[C@@H]1CC[C@@H]1[C@@H]2CC[C@@]2(C)[C@H]1CC[C@@]2(O)CN=Cc1cc(Cl)cc(Cl)c1O. The van der Waals surface area contributed by atoms with Gasteiger partial charge in [0, 0.05) is 22.2 Å². The molecule has 32 heavy (non-hydrogen) atoms. The van der Waals surface area contributed by atoms with Gasteiger partial charge >= 0.3 is 0 Å². The first-order valence-corrected chi connectivity index (χ1v) is 13.3. The van der Waals surface area contributed by atoms with Crippen LogP contribution in [0.2, 0.25) is 10.0 Å². The highest BCUT2D eigenvalue weighted by Crippen LogP contribution is 2.68. The summed E-state index contributed by atoms with van der Waals surface area (Å²) in [4.78, 5) is 4.61. The lowest BCUT2D eigenvalue weighted by molar-refractivity contribution is -0.147. The van der Waals surface area contributed by atoms with E-state index in [0.29, 0.717) is 28.5 Å². The van der Waals surface area contributed by atoms with Gasteiger partial charge in [0.25, 0.3) is 0 Å². The van der Waals surface area contributed by atoms with Crippen LogP contribution in [-0.2, 0) is 0 Å². The van der Waals surface area contributed by atoms with E-state index in [-0.39, 0.29) is 16.2 Å². The van der Waals surface area contributed by atoms with Gasteiger partial charge in [-0.2, -0.15) is 0 Å². The van der Waals surface area contributed by atoms with E-state index in [1.165, 1.54) is 51.0 Å². The summed E-state index contributed by atoms with van der Waals surface area (Å²) in [7, 11) is 0. The van der Waals surface area contributed by atoms with E-state index in [1.807, 2.05) is 0 Å². The Balaban J connectivity index is 1.35. The number of nitrogens with zero attached hydrogens (tertiary/aromatic N) is 1. The number of phenolic OH excluding ortho intramolecular Hbond substituents is 1. The maximum Gasteiger partial charge on any atom is 0.143 e. The maximum absolute atomic E-state index is 11.9. The molecule has 0 heterocycles. The Hall–Kier alpha value is -0.770. The van der Waals surface area contributed by atoms with Crippen molar-refractivity contribution in [2.45, 2.75) is 83.7 Å². The molecule has 4 aliphatic carbocycles. The Labute approximate surface area is 202 Å². The Morgan fingerprint density at radius 3 is 2.59 bits per heavy atom. The van der Waals surface area contributed by atoms with Crippen LogP contribution < -0.4 is 0 Å². The third-order valence-corrected chi connectivity index (χ3v) is 11.1. The predicted octanol–water partition coefficient (Wildman–Crippen LogP) is 7.28. The van der Waals surface area contributed by atoms with Crippen molar-refractivity contribution in [1.82, 2.24) is 0 Å². The molecule has 7 atom stereocenters. The fourth-order valence-electron chi connectivity index (χ4n) is 8.64. The van der Waals surface area contributed by atoms with Gasteiger partial charge in [-0.3, -0.25) is 4.99 Å². The second-order valence-electron chi connectivity index (χ2n) is 11.7. The molecule has 1 aromatic rings. The number of phenols is 1. The van der Waals surface area contributed by atoms with Crippen LogP contribution >= 0.6 is 23.2 Å². The molecule has 5 rings (SSSR count). The number of aliphatic imine (C=N–C) groups is 1. The van der Waals surface area contributed by atoms with Gasteiger partial charge in [0.1, 0.15) is 5.75 Å². The average Bonchev–Trinajstić information content (AvgIpc) is 3.02. The predicted molar refractivity (Wildman–Crippen MR) is 132 cm³/mol. The van der Waals surface area contributed by atoms with Crippen molar-refractivity contribution in [3.05, 3.63) is 27.7 Å². The highest BCUT2D eigenvalue weighted by atomic mass is 35.5. The molecule has 4 fully saturated rings. The van der Waals surface area contributed by atoms with Crippen LogP contribution in [0, 0.1) is 34.5 Å². The summed E-state index contributed by atoms with van der Waals surface area (Å²) in [5, 5.41) is 22.8. The highest BCUT2D eigenvalue weighted by Gasteiger charge is 2.64. The third kappa shape index (κ3) is 3.45. The molecule has 176 valence electrons. The van der Waals surface area contributed by atoms with Crippen molar-refractivity contribution in [3.63, 3.8) is 0 Å². The van der Waals surface area contributed by atoms with Gasteiger partial charge in [0.05, 0.1) is 17.2 Å². The van der Waals surface area contributed by atoms with Crippen molar-refractivity contribution in [3.8, 4) is 5.75 Å². The van der Waals surface area contributed by atoms with Crippen LogP contribution in [0.25, 0.3) is 0 Å². The average molecular weight is 479 g/mol. The van der Waals surface area contributed by atoms with E-state index in [1.54, 1.807) is 12.3 Å². The molecule has 0 spiro atoms. The quantitative estimate of drug-likeness (QED) is 0.449.